The van der Waals surface area contributed by atoms with Crippen LogP contribution < -0.4 is 4.90 Å². The third-order valence-corrected chi connectivity index (χ3v) is 6.68. The van der Waals surface area contributed by atoms with Gasteiger partial charge < -0.3 is 9.80 Å². The maximum atomic E-state index is 13.1. The molecule has 0 spiro atoms. The summed E-state index contributed by atoms with van der Waals surface area (Å²) in [6, 6.07) is 19.8. The highest BCUT2D eigenvalue weighted by Gasteiger charge is 2.37. The van der Waals surface area contributed by atoms with Crippen molar-refractivity contribution in [1.82, 2.24) is 9.80 Å². The number of carbonyl (C=O) groups is 1. The molecule has 0 radical (unpaired) electrons. The molecule has 2 heterocycles. The second kappa shape index (κ2) is 7.59. The molecule has 1 saturated carbocycles. The van der Waals surface area contributed by atoms with Crippen molar-refractivity contribution in [2.45, 2.75) is 38.4 Å². The highest BCUT2D eigenvalue weighted by Crippen LogP contribution is 2.33. The fraction of sp³-hybridized carbons (Fsp3) is 0.458. The average Bonchev–Trinajstić information content (AvgIpc) is 2.84. The van der Waals surface area contributed by atoms with Crippen LogP contribution in [0.4, 0.5) is 5.69 Å². The number of nitrogens with zero attached hydrogens (tertiary/aromatic N) is 3. The Labute approximate surface area is 167 Å². The predicted molar refractivity (Wildman–Crippen MR) is 112 cm³/mol. The van der Waals surface area contributed by atoms with Crippen molar-refractivity contribution in [3.8, 4) is 0 Å². The highest BCUT2D eigenvalue weighted by molar-refractivity contribution is 5.80. The van der Waals surface area contributed by atoms with E-state index in [4.69, 9.17) is 0 Å². The van der Waals surface area contributed by atoms with Crippen LogP contribution in [0.15, 0.2) is 54.6 Å². The number of piperazine rings is 1. The van der Waals surface area contributed by atoms with E-state index in [1.807, 2.05) is 0 Å². The van der Waals surface area contributed by atoms with E-state index in [2.05, 4.69) is 69.3 Å². The molecule has 1 saturated heterocycles. The zero-order chi connectivity index (χ0) is 18.9. The van der Waals surface area contributed by atoms with Gasteiger partial charge in [0.05, 0.1) is 6.04 Å². The van der Waals surface area contributed by atoms with Gasteiger partial charge in [-0.1, -0.05) is 55.0 Å². The summed E-state index contributed by atoms with van der Waals surface area (Å²) in [6.07, 6.45) is 3.36. The lowest BCUT2D eigenvalue weighted by atomic mass is 9.84. The number of fused-ring (bicyclic) bond motifs is 3. The Balaban J connectivity index is 1.38. The summed E-state index contributed by atoms with van der Waals surface area (Å²) in [7, 11) is 0. The van der Waals surface area contributed by atoms with E-state index < -0.39 is 0 Å². The first-order valence-corrected chi connectivity index (χ1v) is 10.7. The molecule has 3 aliphatic rings. The van der Waals surface area contributed by atoms with Crippen LogP contribution in [0.3, 0.4) is 0 Å². The molecule has 2 aromatic carbocycles. The molecule has 146 valence electrons. The zero-order valence-corrected chi connectivity index (χ0v) is 16.5. The Morgan fingerprint density at radius 3 is 2.50 bits per heavy atom. The summed E-state index contributed by atoms with van der Waals surface area (Å²) in [6.45, 7) is 5.70. The molecule has 4 nitrogen and oxygen atoms in total. The van der Waals surface area contributed by atoms with E-state index in [0.29, 0.717) is 11.9 Å². The minimum absolute atomic E-state index is 0.266. The largest absolute Gasteiger partial charge is 0.364 e. The summed E-state index contributed by atoms with van der Waals surface area (Å²) >= 11 is 0. The number of amides is 1. The van der Waals surface area contributed by atoms with E-state index in [1.165, 1.54) is 23.2 Å². The van der Waals surface area contributed by atoms with Crippen molar-refractivity contribution in [1.29, 1.82) is 0 Å². The van der Waals surface area contributed by atoms with Gasteiger partial charge in [-0.05, 0) is 30.0 Å². The van der Waals surface area contributed by atoms with Gasteiger partial charge >= 0.3 is 0 Å². The first-order valence-electron chi connectivity index (χ1n) is 10.7. The van der Waals surface area contributed by atoms with E-state index in [-0.39, 0.29) is 5.92 Å². The first-order chi connectivity index (χ1) is 13.8. The second-order valence-electron chi connectivity index (χ2n) is 8.54. The summed E-state index contributed by atoms with van der Waals surface area (Å²) in [4.78, 5) is 20.3. The Hall–Kier alpha value is -2.33. The fourth-order valence-corrected chi connectivity index (χ4v) is 4.91. The molecule has 0 aromatic heterocycles. The molecule has 2 fully saturated rings. The molecule has 28 heavy (non-hydrogen) atoms. The number of rotatable bonds is 3. The van der Waals surface area contributed by atoms with Crippen LogP contribution in [-0.2, 0) is 17.9 Å². The summed E-state index contributed by atoms with van der Waals surface area (Å²) < 4.78 is 0. The molecule has 4 heteroatoms. The third-order valence-electron chi connectivity index (χ3n) is 6.68. The van der Waals surface area contributed by atoms with Gasteiger partial charge in [-0.15, -0.1) is 0 Å². The van der Waals surface area contributed by atoms with Gasteiger partial charge in [-0.25, -0.2) is 0 Å². The topological polar surface area (TPSA) is 26.8 Å². The predicted octanol–water partition coefficient (Wildman–Crippen LogP) is 3.52. The average molecular weight is 376 g/mol. The van der Waals surface area contributed by atoms with Gasteiger partial charge in [0, 0.05) is 50.9 Å². The normalized spacial score (nSPS) is 22.8. The second-order valence-corrected chi connectivity index (χ2v) is 8.54. The Morgan fingerprint density at radius 2 is 1.71 bits per heavy atom. The van der Waals surface area contributed by atoms with Gasteiger partial charge in [-0.3, -0.25) is 9.69 Å². The monoisotopic (exact) mass is 375 g/mol. The molecule has 1 unspecified atom stereocenters. The van der Waals surface area contributed by atoms with Gasteiger partial charge in [0.2, 0.25) is 5.91 Å². The van der Waals surface area contributed by atoms with Crippen molar-refractivity contribution < 1.29 is 4.79 Å². The summed E-state index contributed by atoms with van der Waals surface area (Å²) in [5.41, 5.74) is 4.00. The molecule has 1 amide bonds. The molecule has 5 rings (SSSR count). The van der Waals surface area contributed by atoms with Crippen LogP contribution in [0.1, 0.15) is 30.4 Å². The summed E-state index contributed by atoms with van der Waals surface area (Å²) in [5, 5.41) is 0. The number of anilines is 1. The quantitative estimate of drug-likeness (QED) is 0.821. The molecular formula is C24H29N3O. The van der Waals surface area contributed by atoms with E-state index in [1.54, 1.807) is 0 Å². The molecular weight excluding hydrogens is 346 g/mol. The molecule has 0 bridgehead atoms. The van der Waals surface area contributed by atoms with Crippen molar-refractivity contribution in [3.05, 3.63) is 65.7 Å². The Morgan fingerprint density at radius 1 is 0.929 bits per heavy atom. The van der Waals surface area contributed by atoms with Crippen LogP contribution in [0.2, 0.25) is 0 Å². The standard InChI is InChI=1S/C24H29N3O/c28-24(20-10-6-11-20)26-16-21-9-4-5-12-23(21)27-14-13-25(17-22(27)18-26)15-19-7-2-1-3-8-19/h1-5,7-9,12,20,22H,6,10-11,13-18H2. The SMILES string of the molecule is O=C(C1CCC1)N1Cc2ccccc2N2CCN(Cc3ccccc3)CC2C1. The first kappa shape index (κ1) is 17.7. The molecule has 0 N–H and O–H groups in total. The van der Waals surface area contributed by atoms with E-state index in [0.717, 1.165) is 52.1 Å². The van der Waals surface area contributed by atoms with Crippen LogP contribution >= 0.6 is 0 Å². The van der Waals surface area contributed by atoms with E-state index in [9.17, 15) is 4.79 Å². The third kappa shape index (κ3) is 3.42. The highest BCUT2D eigenvalue weighted by atomic mass is 16.2. The van der Waals surface area contributed by atoms with Crippen LogP contribution in [0, 0.1) is 5.92 Å². The van der Waals surface area contributed by atoms with Gasteiger partial charge in [0.25, 0.3) is 0 Å². The van der Waals surface area contributed by atoms with Crippen LogP contribution in [0.5, 0.6) is 0 Å². The Bertz CT molecular complexity index is 833. The van der Waals surface area contributed by atoms with E-state index >= 15 is 0 Å². The van der Waals surface area contributed by atoms with Crippen LogP contribution in [0.25, 0.3) is 0 Å². The minimum atomic E-state index is 0.266. The molecule has 2 aromatic rings. The van der Waals surface area contributed by atoms with Crippen molar-refractivity contribution in [2.24, 2.45) is 5.92 Å². The lowest BCUT2D eigenvalue weighted by molar-refractivity contribution is -0.139. The maximum absolute atomic E-state index is 13.1. The lowest BCUT2D eigenvalue weighted by Gasteiger charge is -2.43. The zero-order valence-electron chi connectivity index (χ0n) is 16.5. The molecule has 1 aliphatic carbocycles. The van der Waals surface area contributed by atoms with Gasteiger partial charge in [0.15, 0.2) is 0 Å². The number of benzene rings is 2. The fourth-order valence-electron chi connectivity index (χ4n) is 4.91. The van der Waals surface area contributed by atoms with Crippen LogP contribution in [-0.4, -0.2) is 47.9 Å². The summed E-state index contributed by atoms with van der Waals surface area (Å²) in [5.74, 6) is 0.644. The maximum Gasteiger partial charge on any atom is 0.226 e. The molecule has 2 aliphatic heterocycles. The number of carbonyl (C=O) groups excluding carboxylic acids is 1. The lowest BCUT2D eigenvalue weighted by Crippen LogP contribution is -2.56. The Kier molecular flexibility index (Phi) is 4.81. The molecule has 1 atom stereocenters. The number of para-hydroxylation sites is 1. The van der Waals surface area contributed by atoms with Gasteiger partial charge in [0.1, 0.15) is 0 Å². The smallest absolute Gasteiger partial charge is 0.226 e. The van der Waals surface area contributed by atoms with Crippen molar-refractivity contribution in [2.75, 3.05) is 31.1 Å². The van der Waals surface area contributed by atoms with Crippen molar-refractivity contribution >= 4 is 11.6 Å². The van der Waals surface area contributed by atoms with Crippen molar-refractivity contribution in [3.63, 3.8) is 0 Å². The van der Waals surface area contributed by atoms with Gasteiger partial charge in [-0.2, -0.15) is 0 Å². The minimum Gasteiger partial charge on any atom is -0.364 e. The number of hydrogen-bond acceptors (Lipinski definition) is 3. The number of hydrogen-bond donors (Lipinski definition) is 0.